The molecule has 0 N–H and O–H groups in total. The zero-order valence-electron chi connectivity index (χ0n) is 11.8. The van der Waals surface area contributed by atoms with Crippen LogP contribution in [0.15, 0.2) is 41.5 Å². The van der Waals surface area contributed by atoms with Gasteiger partial charge in [-0.1, -0.05) is 12.1 Å². The van der Waals surface area contributed by atoms with Crippen LogP contribution in [0.2, 0.25) is 0 Å². The number of thiazole rings is 1. The Bertz CT molecular complexity index is 735. The van der Waals surface area contributed by atoms with Gasteiger partial charge in [0.2, 0.25) is 5.91 Å². The van der Waals surface area contributed by atoms with Gasteiger partial charge >= 0.3 is 0 Å². The van der Waals surface area contributed by atoms with E-state index in [-0.39, 0.29) is 5.91 Å². The molecule has 108 valence electrons. The summed E-state index contributed by atoms with van der Waals surface area (Å²) in [6.45, 7) is 1.20. The van der Waals surface area contributed by atoms with E-state index >= 15 is 0 Å². The average molecular weight is 300 g/mol. The van der Waals surface area contributed by atoms with Crippen molar-refractivity contribution >= 4 is 28.3 Å². The van der Waals surface area contributed by atoms with Crippen LogP contribution >= 0.6 is 11.3 Å². The normalized spacial score (nSPS) is 10.9. The number of aromatic nitrogens is 3. The van der Waals surface area contributed by atoms with Crippen LogP contribution in [0.1, 0.15) is 12.1 Å². The van der Waals surface area contributed by atoms with Crippen molar-refractivity contribution in [3.05, 3.63) is 47.2 Å². The predicted molar refractivity (Wildman–Crippen MR) is 82.9 cm³/mol. The van der Waals surface area contributed by atoms with E-state index in [0.29, 0.717) is 19.5 Å². The molecule has 1 amide bonds. The molecule has 0 aliphatic carbocycles. The third kappa shape index (κ3) is 3.11. The number of benzene rings is 1. The zero-order chi connectivity index (χ0) is 14.7. The Balaban J connectivity index is 1.60. The number of para-hydroxylation sites is 2. The number of rotatable bonds is 5. The lowest BCUT2D eigenvalue weighted by Crippen LogP contribution is -2.27. The number of amides is 1. The molecule has 3 rings (SSSR count). The first-order chi connectivity index (χ1) is 10.2. The summed E-state index contributed by atoms with van der Waals surface area (Å²) in [5.74, 6) is 0.112. The summed E-state index contributed by atoms with van der Waals surface area (Å²) in [5, 5.41) is 1.97. The van der Waals surface area contributed by atoms with Gasteiger partial charge in [0.25, 0.3) is 0 Å². The van der Waals surface area contributed by atoms with Crippen molar-refractivity contribution in [2.45, 2.75) is 19.5 Å². The Morgan fingerprint density at radius 1 is 1.33 bits per heavy atom. The van der Waals surface area contributed by atoms with Crippen LogP contribution in [-0.2, 0) is 17.9 Å². The molecule has 0 spiro atoms. The fraction of sp³-hybridized carbons (Fsp3) is 0.267. The SMILES string of the molecule is CN(Cc1cscn1)C(=O)CCn1cnc2ccccc21. The highest BCUT2D eigenvalue weighted by Crippen LogP contribution is 2.13. The number of aryl methyl sites for hydroxylation is 1. The molecule has 2 heterocycles. The Kier molecular flexibility index (Phi) is 3.96. The summed E-state index contributed by atoms with van der Waals surface area (Å²) < 4.78 is 2.02. The number of hydrogen-bond donors (Lipinski definition) is 0. The van der Waals surface area contributed by atoms with Crippen molar-refractivity contribution < 1.29 is 4.79 Å². The predicted octanol–water partition coefficient (Wildman–Crippen LogP) is 2.54. The Labute approximate surface area is 126 Å². The van der Waals surface area contributed by atoms with Crippen LogP contribution in [0.4, 0.5) is 0 Å². The molecule has 0 saturated heterocycles. The quantitative estimate of drug-likeness (QED) is 0.727. The molecule has 0 fully saturated rings. The molecule has 1 aromatic carbocycles. The van der Waals surface area contributed by atoms with Crippen molar-refractivity contribution in [1.82, 2.24) is 19.4 Å². The minimum Gasteiger partial charge on any atom is -0.340 e. The average Bonchev–Trinajstić information content (AvgIpc) is 3.14. The highest BCUT2D eigenvalue weighted by molar-refractivity contribution is 7.07. The number of carbonyl (C=O) groups is 1. The van der Waals surface area contributed by atoms with E-state index in [9.17, 15) is 4.79 Å². The molecule has 2 aromatic heterocycles. The van der Waals surface area contributed by atoms with Crippen molar-refractivity contribution in [1.29, 1.82) is 0 Å². The molecule has 3 aromatic rings. The van der Waals surface area contributed by atoms with E-state index in [2.05, 4.69) is 9.97 Å². The van der Waals surface area contributed by atoms with E-state index in [4.69, 9.17) is 0 Å². The highest BCUT2D eigenvalue weighted by atomic mass is 32.1. The summed E-state index contributed by atoms with van der Waals surface area (Å²) in [6, 6.07) is 7.94. The van der Waals surface area contributed by atoms with Crippen molar-refractivity contribution in [2.75, 3.05) is 7.05 Å². The van der Waals surface area contributed by atoms with Gasteiger partial charge < -0.3 is 9.47 Å². The highest BCUT2D eigenvalue weighted by Gasteiger charge is 2.11. The molecule has 0 atom stereocenters. The second kappa shape index (κ2) is 6.05. The van der Waals surface area contributed by atoms with E-state index in [0.717, 1.165) is 16.7 Å². The monoisotopic (exact) mass is 300 g/mol. The Hall–Kier alpha value is -2.21. The van der Waals surface area contributed by atoms with E-state index < -0.39 is 0 Å². The van der Waals surface area contributed by atoms with Gasteiger partial charge in [-0.25, -0.2) is 9.97 Å². The lowest BCUT2D eigenvalue weighted by molar-refractivity contribution is -0.130. The van der Waals surface area contributed by atoms with E-state index in [1.165, 1.54) is 0 Å². The van der Waals surface area contributed by atoms with E-state index in [1.807, 2.05) is 41.3 Å². The fourth-order valence-corrected chi connectivity index (χ4v) is 2.79. The van der Waals surface area contributed by atoms with Gasteiger partial charge in [0, 0.05) is 25.4 Å². The maximum absolute atomic E-state index is 12.2. The van der Waals surface area contributed by atoms with Crippen LogP contribution in [0.5, 0.6) is 0 Å². The first kappa shape index (κ1) is 13.8. The standard InChI is InChI=1S/C15H16N4OS/c1-18(8-12-9-21-11-17-12)15(20)6-7-19-10-16-13-4-2-3-5-14(13)19/h2-5,9-11H,6-8H2,1H3. The number of hydrogen-bond acceptors (Lipinski definition) is 4. The number of carbonyl (C=O) groups excluding carboxylic acids is 1. The third-order valence-electron chi connectivity index (χ3n) is 3.40. The lowest BCUT2D eigenvalue weighted by Gasteiger charge is -2.16. The van der Waals surface area contributed by atoms with Crippen LogP contribution in [0.25, 0.3) is 11.0 Å². The Morgan fingerprint density at radius 3 is 3.00 bits per heavy atom. The minimum absolute atomic E-state index is 0.112. The fourth-order valence-electron chi connectivity index (χ4n) is 2.24. The van der Waals surface area contributed by atoms with Gasteiger partial charge in [0.1, 0.15) is 0 Å². The molecule has 0 bridgehead atoms. The number of imidazole rings is 1. The summed E-state index contributed by atoms with van der Waals surface area (Å²) in [6.07, 6.45) is 2.25. The zero-order valence-corrected chi connectivity index (χ0v) is 12.6. The summed E-state index contributed by atoms with van der Waals surface area (Å²) in [7, 11) is 1.81. The molecule has 0 unspecified atom stereocenters. The van der Waals surface area contributed by atoms with Gasteiger partial charge in [0.05, 0.1) is 35.1 Å². The first-order valence-corrected chi connectivity index (χ1v) is 7.69. The number of nitrogens with zero attached hydrogens (tertiary/aromatic N) is 4. The summed E-state index contributed by atoms with van der Waals surface area (Å²) in [5.41, 5.74) is 4.74. The van der Waals surface area contributed by atoms with Crippen molar-refractivity contribution in [3.8, 4) is 0 Å². The maximum atomic E-state index is 12.2. The molecular weight excluding hydrogens is 284 g/mol. The lowest BCUT2D eigenvalue weighted by atomic mass is 10.3. The minimum atomic E-state index is 0.112. The molecule has 0 aliphatic heterocycles. The van der Waals surface area contributed by atoms with Crippen LogP contribution in [-0.4, -0.2) is 32.4 Å². The van der Waals surface area contributed by atoms with Gasteiger partial charge in [-0.15, -0.1) is 11.3 Å². The first-order valence-electron chi connectivity index (χ1n) is 6.75. The van der Waals surface area contributed by atoms with Gasteiger partial charge in [0.15, 0.2) is 0 Å². The van der Waals surface area contributed by atoms with Crippen LogP contribution in [0, 0.1) is 0 Å². The smallest absolute Gasteiger partial charge is 0.224 e. The topological polar surface area (TPSA) is 51.0 Å². The van der Waals surface area contributed by atoms with Gasteiger partial charge in [-0.2, -0.15) is 0 Å². The molecule has 0 saturated carbocycles. The van der Waals surface area contributed by atoms with Gasteiger partial charge in [-0.05, 0) is 12.1 Å². The van der Waals surface area contributed by atoms with Crippen LogP contribution in [0.3, 0.4) is 0 Å². The number of fused-ring (bicyclic) bond motifs is 1. The summed E-state index contributed by atoms with van der Waals surface area (Å²) >= 11 is 1.54. The maximum Gasteiger partial charge on any atom is 0.224 e. The Morgan fingerprint density at radius 2 is 2.19 bits per heavy atom. The molecular formula is C15H16N4OS. The molecule has 21 heavy (non-hydrogen) atoms. The third-order valence-corrected chi connectivity index (χ3v) is 4.04. The van der Waals surface area contributed by atoms with Crippen molar-refractivity contribution in [2.24, 2.45) is 0 Å². The van der Waals surface area contributed by atoms with E-state index in [1.54, 1.807) is 28.1 Å². The largest absolute Gasteiger partial charge is 0.340 e. The van der Waals surface area contributed by atoms with Gasteiger partial charge in [-0.3, -0.25) is 4.79 Å². The van der Waals surface area contributed by atoms with Crippen molar-refractivity contribution in [3.63, 3.8) is 0 Å². The molecule has 0 aliphatic rings. The summed E-state index contributed by atoms with van der Waals surface area (Å²) in [4.78, 5) is 22.4. The molecule has 0 radical (unpaired) electrons. The van der Waals surface area contributed by atoms with Crippen LogP contribution < -0.4 is 0 Å². The second-order valence-electron chi connectivity index (χ2n) is 4.91. The second-order valence-corrected chi connectivity index (χ2v) is 5.62. The molecule has 6 heteroatoms. The molecule has 5 nitrogen and oxygen atoms in total.